The minimum absolute atomic E-state index is 0.213. The number of anilines is 2. The lowest BCUT2D eigenvalue weighted by Gasteiger charge is -2.25. The number of fused-ring (bicyclic) bond motifs is 1. The van der Waals surface area contributed by atoms with Crippen LogP contribution in [0.2, 0.25) is 0 Å². The summed E-state index contributed by atoms with van der Waals surface area (Å²) in [5.41, 5.74) is 0.561. The Hall–Kier alpha value is -4.00. The number of aliphatic carboxylic acids is 1. The van der Waals surface area contributed by atoms with Crippen LogP contribution < -0.4 is 20.4 Å². The molecular weight excluding hydrogens is 464 g/mol. The van der Waals surface area contributed by atoms with Crippen LogP contribution in [0.25, 0.3) is 0 Å². The molecule has 3 atom stereocenters. The molecule has 13 heteroatoms. The van der Waals surface area contributed by atoms with E-state index in [-0.39, 0.29) is 25.1 Å². The summed E-state index contributed by atoms with van der Waals surface area (Å²) in [4.78, 5) is 75.4. The summed E-state index contributed by atoms with van der Waals surface area (Å²) in [7, 11) is 0. The number of ether oxygens (including phenoxy) is 2. The fourth-order valence-electron chi connectivity index (χ4n) is 3.81. The maximum atomic E-state index is 13.5. The Kier molecular flexibility index (Phi) is 8.36. The van der Waals surface area contributed by atoms with Gasteiger partial charge in [-0.2, -0.15) is 0 Å². The van der Waals surface area contributed by atoms with Gasteiger partial charge < -0.3 is 34.9 Å². The van der Waals surface area contributed by atoms with Crippen LogP contribution in [-0.2, 0) is 33.4 Å². The number of carboxylic acid groups (broad SMARTS) is 1. The van der Waals surface area contributed by atoms with Crippen LogP contribution in [0.3, 0.4) is 0 Å². The summed E-state index contributed by atoms with van der Waals surface area (Å²) < 4.78 is 10.4. The van der Waals surface area contributed by atoms with Crippen molar-refractivity contribution >= 4 is 47.4 Å². The molecular formula is C22H26N4O9. The molecule has 2 aliphatic rings. The first-order valence-electron chi connectivity index (χ1n) is 10.9. The number of para-hydroxylation sites is 2. The summed E-state index contributed by atoms with van der Waals surface area (Å²) in [6.07, 6.45) is -1.17. The highest BCUT2D eigenvalue weighted by molar-refractivity contribution is 6.09. The van der Waals surface area contributed by atoms with Crippen molar-refractivity contribution in [2.75, 3.05) is 36.1 Å². The van der Waals surface area contributed by atoms with Gasteiger partial charge >= 0.3 is 12.1 Å². The first-order chi connectivity index (χ1) is 16.7. The van der Waals surface area contributed by atoms with Gasteiger partial charge in [-0.3, -0.25) is 24.1 Å². The first kappa shape index (κ1) is 25.6. The van der Waals surface area contributed by atoms with Gasteiger partial charge in [0, 0.05) is 13.3 Å². The number of benzene rings is 1. The third-order valence-electron chi connectivity index (χ3n) is 5.43. The zero-order chi connectivity index (χ0) is 25.5. The Morgan fingerprint density at radius 1 is 1.26 bits per heavy atom. The van der Waals surface area contributed by atoms with E-state index in [0.717, 1.165) is 4.90 Å². The third kappa shape index (κ3) is 6.53. The van der Waals surface area contributed by atoms with Crippen LogP contribution in [0.15, 0.2) is 24.3 Å². The van der Waals surface area contributed by atoms with Gasteiger partial charge in [0.2, 0.25) is 11.8 Å². The molecule has 3 N–H and O–H groups in total. The monoisotopic (exact) mass is 490 g/mol. The zero-order valence-electron chi connectivity index (χ0n) is 19.0. The topological polar surface area (TPSA) is 172 Å². The molecule has 2 aliphatic heterocycles. The second-order valence-electron chi connectivity index (χ2n) is 8.04. The van der Waals surface area contributed by atoms with Crippen LogP contribution >= 0.6 is 0 Å². The van der Waals surface area contributed by atoms with Crippen LogP contribution in [0.1, 0.15) is 19.8 Å². The zero-order valence-corrected chi connectivity index (χ0v) is 19.0. The predicted octanol–water partition coefficient (Wildman–Crippen LogP) is -0.572. The normalized spacial score (nSPS) is 20.3. The van der Waals surface area contributed by atoms with Crippen molar-refractivity contribution in [2.24, 2.45) is 0 Å². The average molecular weight is 490 g/mol. The van der Waals surface area contributed by atoms with Gasteiger partial charge in [-0.1, -0.05) is 12.1 Å². The molecule has 1 fully saturated rings. The number of alkyl carbamates (subject to hydrolysis) is 1. The highest BCUT2D eigenvalue weighted by atomic mass is 16.6. The maximum Gasteiger partial charge on any atom is 0.408 e. The fraction of sp³-hybridized carbons (Fsp3) is 0.455. The summed E-state index contributed by atoms with van der Waals surface area (Å²) in [5, 5.41) is 13.6. The molecule has 35 heavy (non-hydrogen) atoms. The largest absolute Gasteiger partial charge is 0.481 e. The fourth-order valence-corrected chi connectivity index (χ4v) is 3.81. The van der Waals surface area contributed by atoms with Crippen molar-refractivity contribution < 1.29 is 43.3 Å². The number of nitrogens with one attached hydrogen (secondary N) is 2. The molecule has 0 spiro atoms. The van der Waals surface area contributed by atoms with Crippen molar-refractivity contribution in [3.05, 3.63) is 24.3 Å². The summed E-state index contributed by atoms with van der Waals surface area (Å²) >= 11 is 0. The van der Waals surface area contributed by atoms with E-state index in [0.29, 0.717) is 18.7 Å². The van der Waals surface area contributed by atoms with Gasteiger partial charge in [-0.05, 0) is 12.1 Å². The lowest BCUT2D eigenvalue weighted by atomic mass is 10.2. The molecule has 1 aromatic rings. The number of hydrogen-bond acceptors (Lipinski definition) is 8. The molecule has 1 saturated heterocycles. The number of hydrogen-bond donors (Lipinski definition) is 3. The number of rotatable bonds is 8. The van der Waals surface area contributed by atoms with Crippen molar-refractivity contribution in [3.8, 4) is 0 Å². The standard InChI is InChI=1S/C22H26N4O9/c1-13(28)25-9-16(24-22(33)35-15-6-7-34-12-15)21(32)26(18-5-3-2-4-17(18)25)10-19(29)23-14(11-27)8-20(30)31/h2-5,11,14-16H,6-10,12H2,1H3,(H,23,29)(H,24,33)(H,30,31). The third-order valence-corrected chi connectivity index (χ3v) is 5.43. The lowest BCUT2D eigenvalue weighted by molar-refractivity contribution is -0.139. The summed E-state index contributed by atoms with van der Waals surface area (Å²) in [5.74, 6) is -3.18. The first-order valence-corrected chi connectivity index (χ1v) is 10.9. The van der Waals surface area contributed by atoms with E-state index in [2.05, 4.69) is 10.6 Å². The number of nitrogens with zero attached hydrogens (tertiary/aromatic N) is 2. The van der Waals surface area contributed by atoms with Crippen LogP contribution in [0.4, 0.5) is 16.2 Å². The molecule has 1 aromatic carbocycles. The minimum Gasteiger partial charge on any atom is -0.481 e. The molecule has 0 aliphatic carbocycles. The molecule has 13 nitrogen and oxygen atoms in total. The summed E-state index contributed by atoms with van der Waals surface area (Å²) in [6, 6.07) is 3.83. The second kappa shape index (κ2) is 11.4. The molecule has 4 amide bonds. The molecule has 0 aromatic heterocycles. The van der Waals surface area contributed by atoms with E-state index in [1.54, 1.807) is 18.2 Å². The van der Waals surface area contributed by atoms with Gasteiger partial charge in [-0.25, -0.2) is 4.79 Å². The van der Waals surface area contributed by atoms with E-state index < -0.39 is 60.9 Å². The molecule has 2 heterocycles. The van der Waals surface area contributed by atoms with Crippen molar-refractivity contribution in [2.45, 2.75) is 38.0 Å². The average Bonchev–Trinajstić information content (AvgIpc) is 3.28. The van der Waals surface area contributed by atoms with Crippen molar-refractivity contribution in [3.63, 3.8) is 0 Å². The lowest BCUT2D eigenvalue weighted by Crippen LogP contribution is -2.55. The van der Waals surface area contributed by atoms with Crippen molar-refractivity contribution in [1.29, 1.82) is 0 Å². The Balaban J connectivity index is 1.86. The van der Waals surface area contributed by atoms with Gasteiger partial charge in [0.1, 0.15) is 25.0 Å². The number of aldehydes is 1. The van der Waals surface area contributed by atoms with Gasteiger partial charge in [0.15, 0.2) is 0 Å². The predicted molar refractivity (Wildman–Crippen MR) is 120 cm³/mol. The van der Waals surface area contributed by atoms with E-state index in [4.69, 9.17) is 14.6 Å². The minimum atomic E-state index is -1.29. The van der Waals surface area contributed by atoms with Crippen LogP contribution in [0, 0.1) is 0 Å². The molecule has 3 rings (SSSR count). The second-order valence-corrected chi connectivity index (χ2v) is 8.04. The Morgan fingerprint density at radius 2 is 1.97 bits per heavy atom. The Bertz CT molecular complexity index is 1010. The molecule has 0 saturated carbocycles. The number of amides is 4. The highest BCUT2D eigenvalue weighted by Gasteiger charge is 2.37. The van der Waals surface area contributed by atoms with E-state index in [9.17, 15) is 28.8 Å². The highest BCUT2D eigenvalue weighted by Crippen LogP contribution is 2.32. The molecule has 3 unspecified atom stereocenters. The van der Waals surface area contributed by atoms with E-state index >= 15 is 0 Å². The van der Waals surface area contributed by atoms with Gasteiger partial charge in [0.05, 0.1) is 43.6 Å². The summed E-state index contributed by atoms with van der Waals surface area (Å²) in [6.45, 7) is 1.18. The molecule has 0 bridgehead atoms. The number of carbonyl (C=O) groups excluding carboxylic acids is 5. The van der Waals surface area contributed by atoms with Crippen LogP contribution in [-0.4, -0.2) is 85.7 Å². The number of carbonyl (C=O) groups is 6. The Morgan fingerprint density at radius 3 is 2.57 bits per heavy atom. The van der Waals surface area contributed by atoms with E-state index in [1.165, 1.54) is 17.9 Å². The SMILES string of the molecule is CC(=O)N1CC(NC(=O)OC2CCOC2)C(=O)N(CC(=O)NC(C=O)CC(=O)O)c2ccccc21. The van der Waals surface area contributed by atoms with Crippen LogP contribution in [0.5, 0.6) is 0 Å². The quantitative estimate of drug-likeness (QED) is 0.404. The van der Waals surface area contributed by atoms with Crippen molar-refractivity contribution in [1.82, 2.24) is 10.6 Å². The van der Waals surface area contributed by atoms with Gasteiger partial charge in [0.25, 0.3) is 5.91 Å². The Labute approximate surface area is 200 Å². The van der Waals surface area contributed by atoms with E-state index in [1.807, 2.05) is 0 Å². The molecule has 0 radical (unpaired) electrons. The number of carboxylic acids is 1. The smallest absolute Gasteiger partial charge is 0.408 e. The van der Waals surface area contributed by atoms with Gasteiger partial charge in [-0.15, -0.1) is 0 Å². The molecule has 188 valence electrons. The maximum absolute atomic E-state index is 13.5.